The molecule has 2 rings (SSSR count). The summed E-state index contributed by atoms with van der Waals surface area (Å²) >= 11 is 3.42. The molecule has 0 aliphatic carbocycles. The number of anilines is 3. The third-order valence-corrected chi connectivity index (χ3v) is 3.34. The van der Waals surface area contributed by atoms with Gasteiger partial charge in [-0.3, -0.25) is 0 Å². The molecule has 0 saturated carbocycles. The van der Waals surface area contributed by atoms with Gasteiger partial charge in [-0.1, -0.05) is 22.9 Å². The van der Waals surface area contributed by atoms with E-state index in [0.29, 0.717) is 5.82 Å². The van der Waals surface area contributed by atoms with Crippen LogP contribution in [0.15, 0.2) is 28.7 Å². The molecule has 0 spiro atoms. The number of halogens is 1. The van der Waals surface area contributed by atoms with E-state index in [4.69, 9.17) is 5.73 Å². The lowest BCUT2D eigenvalue weighted by molar-refractivity contribution is 0.836. The first-order valence-corrected chi connectivity index (χ1v) is 7.05. The molecule has 0 bridgehead atoms. The summed E-state index contributed by atoms with van der Waals surface area (Å²) in [6.07, 6.45) is 1.83. The number of hydrogen-bond donors (Lipinski definition) is 2. The van der Waals surface area contributed by atoms with Gasteiger partial charge in [-0.05, 0) is 37.6 Å². The second kappa shape index (κ2) is 6.02. The molecule has 100 valence electrons. The third kappa shape index (κ3) is 3.44. The van der Waals surface area contributed by atoms with Gasteiger partial charge >= 0.3 is 0 Å². The highest BCUT2D eigenvalue weighted by molar-refractivity contribution is 9.10. The molecule has 19 heavy (non-hydrogen) atoms. The summed E-state index contributed by atoms with van der Waals surface area (Å²) in [5.74, 6) is 2.10. The molecule has 0 unspecified atom stereocenters. The molecule has 2 aromatic rings. The van der Waals surface area contributed by atoms with Crippen molar-refractivity contribution in [1.82, 2.24) is 9.97 Å². The molecule has 1 aromatic heterocycles. The highest BCUT2D eigenvalue weighted by Crippen LogP contribution is 2.23. The number of nitrogens with zero attached hydrogens (tertiary/aromatic N) is 2. The summed E-state index contributed by atoms with van der Waals surface area (Å²) in [6.45, 7) is 4.02. The van der Waals surface area contributed by atoms with Crippen molar-refractivity contribution in [2.24, 2.45) is 0 Å². The molecule has 1 heterocycles. The van der Waals surface area contributed by atoms with E-state index in [0.717, 1.165) is 40.2 Å². The average Bonchev–Trinajstić information content (AvgIpc) is 2.38. The van der Waals surface area contributed by atoms with Gasteiger partial charge in [0.2, 0.25) is 0 Å². The number of nitrogen functional groups attached to an aromatic ring is 1. The maximum absolute atomic E-state index is 5.93. The van der Waals surface area contributed by atoms with Crippen LogP contribution in [0.1, 0.15) is 24.7 Å². The van der Waals surface area contributed by atoms with Crippen LogP contribution in [0.3, 0.4) is 0 Å². The number of aromatic nitrogens is 2. The largest absolute Gasteiger partial charge is 0.383 e. The van der Waals surface area contributed by atoms with Crippen LogP contribution in [0, 0.1) is 6.92 Å². The first-order valence-electron chi connectivity index (χ1n) is 6.25. The lowest BCUT2D eigenvalue weighted by Crippen LogP contribution is -2.07. The van der Waals surface area contributed by atoms with Crippen LogP contribution in [0.2, 0.25) is 0 Å². The third-order valence-electron chi connectivity index (χ3n) is 2.81. The Morgan fingerprint density at radius 3 is 2.53 bits per heavy atom. The number of nitrogens with two attached hydrogens (primary N) is 1. The number of hydrogen-bond acceptors (Lipinski definition) is 4. The van der Waals surface area contributed by atoms with E-state index in [1.54, 1.807) is 0 Å². The van der Waals surface area contributed by atoms with Crippen molar-refractivity contribution >= 4 is 33.3 Å². The Hall–Kier alpha value is -1.62. The minimum Gasteiger partial charge on any atom is -0.383 e. The fraction of sp³-hybridized carbons (Fsp3) is 0.286. The Kier molecular flexibility index (Phi) is 4.37. The zero-order chi connectivity index (χ0) is 13.8. The van der Waals surface area contributed by atoms with Gasteiger partial charge in [0.25, 0.3) is 0 Å². The van der Waals surface area contributed by atoms with Crippen molar-refractivity contribution in [1.29, 1.82) is 0 Å². The monoisotopic (exact) mass is 320 g/mol. The van der Waals surface area contributed by atoms with Crippen molar-refractivity contribution in [3.63, 3.8) is 0 Å². The predicted octanol–water partition coefficient (Wildman–Crippen LogP) is 3.83. The van der Waals surface area contributed by atoms with Crippen LogP contribution < -0.4 is 11.1 Å². The minimum absolute atomic E-state index is 0.540. The molecule has 0 radical (unpaired) electrons. The van der Waals surface area contributed by atoms with E-state index in [2.05, 4.69) is 38.1 Å². The molecule has 3 N–H and O–H groups in total. The van der Waals surface area contributed by atoms with Crippen LogP contribution >= 0.6 is 15.9 Å². The van der Waals surface area contributed by atoms with Crippen LogP contribution in [0.5, 0.6) is 0 Å². The second-order valence-electron chi connectivity index (χ2n) is 4.38. The molecular weight excluding hydrogens is 304 g/mol. The van der Waals surface area contributed by atoms with Crippen LogP contribution in [-0.2, 0) is 6.42 Å². The first kappa shape index (κ1) is 13.8. The van der Waals surface area contributed by atoms with Crippen LogP contribution in [0.4, 0.5) is 17.3 Å². The standard InChI is InChI=1S/C14H17BrN4/c1-3-4-12-18-13(16)9(2)14(19-12)17-11-7-5-10(15)6-8-11/h5-8H,3-4H2,1-2H3,(H3,16,17,18,19). The van der Waals surface area contributed by atoms with E-state index < -0.39 is 0 Å². The van der Waals surface area contributed by atoms with Crippen molar-refractivity contribution in [2.75, 3.05) is 11.1 Å². The summed E-state index contributed by atoms with van der Waals surface area (Å²) in [5.41, 5.74) is 7.79. The van der Waals surface area contributed by atoms with E-state index in [1.807, 2.05) is 31.2 Å². The first-order chi connectivity index (χ1) is 9.10. The van der Waals surface area contributed by atoms with Crippen molar-refractivity contribution in [3.05, 3.63) is 40.1 Å². The van der Waals surface area contributed by atoms with Gasteiger partial charge in [-0.2, -0.15) is 0 Å². The summed E-state index contributed by atoms with van der Waals surface area (Å²) in [4.78, 5) is 8.82. The molecular formula is C14H17BrN4. The quantitative estimate of drug-likeness (QED) is 0.898. The highest BCUT2D eigenvalue weighted by atomic mass is 79.9. The Morgan fingerprint density at radius 1 is 1.21 bits per heavy atom. The summed E-state index contributed by atoms with van der Waals surface area (Å²) < 4.78 is 1.05. The number of rotatable bonds is 4. The topological polar surface area (TPSA) is 63.8 Å². The number of nitrogens with one attached hydrogen (secondary N) is 1. The summed E-state index contributed by atoms with van der Waals surface area (Å²) in [7, 11) is 0. The van der Waals surface area contributed by atoms with E-state index in [1.165, 1.54) is 0 Å². The Bertz CT molecular complexity index is 566. The molecule has 0 fully saturated rings. The van der Waals surface area contributed by atoms with E-state index in [9.17, 15) is 0 Å². The van der Waals surface area contributed by atoms with Gasteiger partial charge in [0.05, 0.1) is 0 Å². The van der Waals surface area contributed by atoms with Crippen molar-refractivity contribution in [2.45, 2.75) is 26.7 Å². The predicted molar refractivity (Wildman–Crippen MR) is 82.6 cm³/mol. The fourth-order valence-corrected chi connectivity index (χ4v) is 1.97. The normalized spacial score (nSPS) is 10.5. The molecule has 0 aliphatic rings. The van der Waals surface area contributed by atoms with Crippen LogP contribution in [0.25, 0.3) is 0 Å². The van der Waals surface area contributed by atoms with Gasteiger partial charge in [-0.25, -0.2) is 9.97 Å². The van der Waals surface area contributed by atoms with E-state index in [-0.39, 0.29) is 0 Å². The van der Waals surface area contributed by atoms with Gasteiger partial charge in [0, 0.05) is 22.1 Å². The fourth-order valence-electron chi connectivity index (χ4n) is 1.71. The Labute approximate surface area is 121 Å². The molecule has 4 nitrogen and oxygen atoms in total. The van der Waals surface area contributed by atoms with E-state index >= 15 is 0 Å². The zero-order valence-corrected chi connectivity index (χ0v) is 12.7. The molecule has 5 heteroatoms. The van der Waals surface area contributed by atoms with Gasteiger partial charge in [-0.15, -0.1) is 0 Å². The van der Waals surface area contributed by atoms with Crippen molar-refractivity contribution in [3.8, 4) is 0 Å². The molecule has 1 aromatic carbocycles. The Balaban J connectivity index is 2.30. The molecule has 0 saturated heterocycles. The second-order valence-corrected chi connectivity index (χ2v) is 5.30. The van der Waals surface area contributed by atoms with Gasteiger partial charge < -0.3 is 11.1 Å². The molecule has 0 amide bonds. The smallest absolute Gasteiger partial charge is 0.139 e. The lowest BCUT2D eigenvalue weighted by atomic mass is 10.2. The summed E-state index contributed by atoms with van der Waals surface area (Å²) in [6, 6.07) is 7.94. The average molecular weight is 321 g/mol. The number of benzene rings is 1. The van der Waals surface area contributed by atoms with Crippen LogP contribution in [-0.4, -0.2) is 9.97 Å². The van der Waals surface area contributed by atoms with Crippen molar-refractivity contribution < 1.29 is 0 Å². The maximum atomic E-state index is 5.93. The number of aryl methyl sites for hydroxylation is 1. The highest BCUT2D eigenvalue weighted by Gasteiger charge is 2.08. The minimum atomic E-state index is 0.540. The summed E-state index contributed by atoms with van der Waals surface area (Å²) in [5, 5.41) is 3.29. The Morgan fingerprint density at radius 2 is 1.89 bits per heavy atom. The zero-order valence-electron chi connectivity index (χ0n) is 11.1. The van der Waals surface area contributed by atoms with Gasteiger partial charge in [0.1, 0.15) is 17.5 Å². The molecule has 0 atom stereocenters. The van der Waals surface area contributed by atoms with Gasteiger partial charge in [0.15, 0.2) is 0 Å². The SMILES string of the molecule is CCCc1nc(N)c(C)c(Nc2ccc(Br)cc2)n1. The maximum Gasteiger partial charge on any atom is 0.139 e. The molecule has 0 aliphatic heterocycles. The lowest BCUT2D eigenvalue weighted by Gasteiger charge is -2.12.